The zero-order chi connectivity index (χ0) is 19.4. The van der Waals surface area contributed by atoms with E-state index in [-0.39, 0.29) is 17.5 Å². The van der Waals surface area contributed by atoms with Crippen molar-refractivity contribution in [2.75, 3.05) is 13.2 Å². The van der Waals surface area contributed by atoms with Crippen LogP contribution < -0.4 is 5.32 Å². The second-order valence-corrected chi connectivity index (χ2v) is 6.49. The molecule has 27 heavy (non-hydrogen) atoms. The van der Waals surface area contributed by atoms with Crippen molar-refractivity contribution >= 4 is 12.0 Å². The Labute approximate surface area is 157 Å². The summed E-state index contributed by atoms with van der Waals surface area (Å²) >= 11 is 0. The number of carbonyl (C=O) groups is 1. The van der Waals surface area contributed by atoms with Crippen LogP contribution in [0.3, 0.4) is 0 Å². The molecule has 3 rings (SSSR count). The monoisotopic (exact) mass is 368 g/mol. The Hall–Kier alpha value is -2.98. The lowest BCUT2D eigenvalue weighted by Crippen LogP contribution is -2.32. The second kappa shape index (κ2) is 8.14. The van der Waals surface area contributed by atoms with Crippen LogP contribution in [0.1, 0.15) is 29.8 Å². The van der Waals surface area contributed by atoms with Gasteiger partial charge in [-0.05, 0) is 57.0 Å². The molecule has 140 valence electrons. The minimum absolute atomic E-state index is 0.0119. The molecule has 0 bridgehead atoms. The Morgan fingerprint density at radius 1 is 1.44 bits per heavy atom. The number of nitrogens with one attached hydrogen (secondary N) is 1. The van der Waals surface area contributed by atoms with Crippen molar-refractivity contribution < 1.29 is 13.9 Å². The van der Waals surface area contributed by atoms with E-state index in [9.17, 15) is 14.4 Å². The summed E-state index contributed by atoms with van der Waals surface area (Å²) in [4.78, 5) is 12.3. The maximum Gasteiger partial charge on any atom is 0.262 e. The van der Waals surface area contributed by atoms with Crippen LogP contribution in [0.2, 0.25) is 0 Å². The second-order valence-electron chi connectivity index (χ2n) is 6.49. The van der Waals surface area contributed by atoms with Crippen molar-refractivity contribution in [3.8, 4) is 11.8 Å². The van der Waals surface area contributed by atoms with Crippen molar-refractivity contribution in [1.29, 1.82) is 5.26 Å². The summed E-state index contributed by atoms with van der Waals surface area (Å²) in [5.41, 5.74) is 2.86. The fourth-order valence-electron chi connectivity index (χ4n) is 3.10. The number of hydrogen-bond acceptors (Lipinski definition) is 4. The average Bonchev–Trinajstić information content (AvgIpc) is 3.27. The Balaban J connectivity index is 1.82. The van der Waals surface area contributed by atoms with E-state index in [1.54, 1.807) is 29.8 Å². The number of aryl methyl sites for hydroxylation is 1. The average molecular weight is 368 g/mol. The molecule has 0 unspecified atom stereocenters. The number of ether oxygens (including phenoxy) is 1. The number of nitriles is 1. The molecule has 1 saturated heterocycles. The number of hydrogen-bond donors (Lipinski definition) is 1. The van der Waals surface area contributed by atoms with Gasteiger partial charge in [0.2, 0.25) is 0 Å². The number of benzene rings is 1. The normalized spacial score (nSPS) is 17.0. The van der Waals surface area contributed by atoms with Crippen LogP contribution >= 0.6 is 0 Å². The van der Waals surface area contributed by atoms with Crippen LogP contribution in [0, 0.1) is 31.0 Å². The summed E-state index contributed by atoms with van der Waals surface area (Å²) in [6.45, 7) is 4.75. The molecule has 1 fully saturated rings. The number of nitrogens with zero attached hydrogens (tertiary/aromatic N) is 3. The van der Waals surface area contributed by atoms with E-state index in [4.69, 9.17) is 4.74 Å². The van der Waals surface area contributed by atoms with Gasteiger partial charge in [0.15, 0.2) is 0 Å². The van der Waals surface area contributed by atoms with Crippen molar-refractivity contribution in [3.63, 3.8) is 0 Å². The van der Waals surface area contributed by atoms with Gasteiger partial charge in [-0.2, -0.15) is 10.4 Å². The first-order chi connectivity index (χ1) is 13.0. The molecule has 2 aromatic rings. The molecular formula is C20H21FN4O2. The van der Waals surface area contributed by atoms with Crippen LogP contribution in [-0.2, 0) is 9.53 Å². The summed E-state index contributed by atoms with van der Waals surface area (Å²) in [5, 5.41) is 16.6. The van der Waals surface area contributed by atoms with Gasteiger partial charge in [-0.15, -0.1) is 0 Å². The molecule has 0 saturated carbocycles. The summed E-state index contributed by atoms with van der Waals surface area (Å²) < 4.78 is 20.3. The van der Waals surface area contributed by atoms with Gasteiger partial charge in [-0.25, -0.2) is 9.07 Å². The van der Waals surface area contributed by atoms with Gasteiger partial charge in [0.05, 0.1) is 17.5 Å². The van der Waals surface area contributed by atoms with E-state index >= 15 is 0 Å². The van der Waals surface area contributed by atoms with E-state index in [1.165, 1.54) is 12.1 Å². The van der Waals surface area contributed by atoms with Gasteiger partial charge >= 0.3 is 0 Å². The lowest BCUT2D eigenvalue weighted by molar-refractivity contribution is -0.117. The minimum Gasteiger partial charge on any atom is -0.376 e. The quantitative estimate of drug-likeness (QED) is 0.650. The van der Waals surface area contributed by atoms with Crippen LogP contribution in [0.5, 0.6) is 0 Å². The Morgan fingerprint density at radius 2 is 2.19 bits per heavy atom. The topological polar surface area (TPSA) is 79.9 Å². The summed E-state index contributed by atoms with van der Waals surface area (Å²) in [6.07, 6.45) is 3.46. The molecule has 6 nitrogen and oxygen atoms in total. The molecule has 1 atom stereocenters. The highest BCUT2D eigenvalue weighted by Gasteiger charge is 2.19. The van der Waals surface area contributed by atoms with Gasteiger partial charge in [0.25, 0.3) is 5.91 Å². The molecule has 1 aliphatic heterocycles. The first kappa shape index (κ1) is 18.8. The van der Waals surface area contributed by atoms with E-state index in [1.807, 2.05) is 13.0 Å². The largest absolute Gasteiger partial charge is 0.376 e. The highest BCUT2D eigenvalue weighted by atomic mass is 19.1. The molecule has 1 aromatic carbocycles. The zero-order valence-corrected chi connectivity index (χ0v) is 15.3. The number of aromatic nitrogens is 2. The molecule has 0 radical (unpaired) electrons. The first-order valence-electron chi connectivity index (χ1n) is 8.83. The Bertz CT molecular complexity index is 903. The van der Waals surface area contributed by atoms with Crippen LogP contribution in [0.15, 0.2) is 29.8 Å². The Kier molecular flexibility index (Phi) is 5.67. The van der Waals surface area contributed by atoms with E-state index in [2.05, 4.69) is 10.4 Å². The number of carbonyl (C=O) groups excluding carboxylic acids is 1. The molecule has 0 aliphatic carbocycles. The van der Waals surface area contributed by atoms with E-state index < -0.39 is 5.91 Å². The summed E-state index contributed by atoms with van der Waals surface area (Å²) in [5.74, 6) is -0.753. The number of amides is 1. The van der Waals surface area contributed by atoms with Gasteiger partial charge in [0.1, 0.15) is 17.5 Å². The van der Waals surface area contributed by atoms with Crippen LogP contribution in [0.25, 0.3) is 11.8 Å². The standard InChI is InChI=1S/C20H21FN4O2/c1-13-19(14(2)25(24-13)17-7-5-16(21)6-8-17)10-15(11-22)20(26)23-12-18-4-3-9-27-18/h5-8,10,18H,3-4,9,12H2,1-2H3,(H,23,26)/b15-10+/t18-/m1/s1. The molecule has 1 amide bonds. The van der Waals surface area contributed by atoms with Gasteiger partial charge in [-0.3, -0.25) is 4.79 Å². The zero-order valence-electron chi connectivity index (χ0n) is 15.3. The highest BCUT2D eigenvalue weighted by molar-refractivity contribution is 6.01. The van der Waals surface area contributed by atoms with Gasteiger partial charge < -0.3 is 10.1 Å². The van der Waals surface area contributed by atoms with E-state index in [0.717, 1.165) is 18.5 Å². The Morgan fingerprint density at radius 3 is 2.81 bits per heavy atom. The van der Waals surface area contributed by atoms with Crippen molar-refractivity contribution in [2.24, 2.45) is 0 Å². The van der Waals surface area contributed by atoms with Crippen molar-refractivity contribution in [2.45, 2.75) is 32.8 Å². The fraction of sp³-hybridized carbons (Fsp3) is 0.350. The van der Waals surface area contributed by atoms with Crippen molar-refractivity contribution in [3.05, 3.63) is 52.6 Å². The van der Waals surface area contributed by atoms with Gasteiger partial charge in [-0.1, -0.05) is 0 Å². The lowest BCUT2D eigenvalue weighted by Gasteiger charge is -2.10. The fourth-order valence-corrected chi connectivity index (χ4v) is 3.10. The molecule has 7 heteroatoms. The smallest absolute Gasteiger partial charge is 0.262 e. The molecule has 1 N–H and O–H groups in total. The van der Waals surface area contributed by atoms with Gasteiger partial charge in [0, 0.05) is 24.4 Å². The van der Waals surface area contributed by atoms with E-state index in [0.29, 0.717) is 30.1 Å². The predicted octanol–water partition coefficient (Wildman–Crippen LogP) is 2.83. The predicted molar refractivity (Wildman–Crippen MR) is 98.6 cm³/mol. The summed E-state index contributed by atoms with van der Waals surface area (Å²) in [7, 11) is 0. The maximum atomic E-state index is 13.2. The third kappa shape index (κ3) is 4.23. The lowest BCUT2D eigenvalue weighted by atomic mass is 10.1. The minimum atomic E-state index is -0.429. The number of halogens is 1. The number of rotatable bonds is 5. The molecular weight excluding hydrogens is 347 g/mol. The highest BCUT2D eigenvalue weighted by Crippen LogP contribution is 2.21. The SMILES string of the molecule is Cc1nn(-c2ccc(F)cc2)c(C)c1/C=C(\C#N)C(=O)NC[C@H]1CCCO1. The molecule has 2 heterocycles. The molecule has 1 aromatic heterocycles. The third-order valence-corrected chi connectivity index (χ3v) is 4.59. The van der Waals surface area contributed by atoms with Crippen LogP contribution in [0.4, 0.5) is 4.39 Å². The van der Waals surface area contributed by atoms with Crippen molar-refractivity contribution in [1.82, 2.24) is 15.1 Å². The summed E-state index contributed by atoms with van der Waals surface area (Å²) in [6, 6.07) is 7.94. The van der Waals surface area contributed by atoms with Crippen LogP contribution in [-0.4, -0.2) is 34.9 Å². The maximum absolute atomic E-state index is 13.2. The molecule has 0 spiro atoms. The first-order valence-corrected chi connectivity index (χ1v) is 8.83. The third-order valence-electron chi connectivity index (χ3n) is 4.59. The molecule has 1 aliphatic rings.